The highest BCUT2D eigenvalue weighted by Crippen LogP contribution is 2.29. The Morgan fingerprint density at radius 1 is 1.22 bits per heavy atom. The predicted octanol–water partition coefficient (Wildman–Crippen LogP) is 3.76. The number of fused-ring (bicyclic) bond motifs is 1. The third-order valence-corrected chi connectivity index (χ3v) is 5.25. The molecule has 7 nitrogen and oxygen atoms in total. The van der Waals surface area contributed by atoms with Crippen LogP contribution < -0.4 is 0 Å². The van der Waals surface area contributed by atoms with Gasteiger partial charge in [0.2, 0.25) is 5.89 Å². The summed E-state index contributed by atoms with van der Waals surface area (Å²) in [6.45, 7) is 4.48. The number of carbonyl (C=O) groups is 1. The van der Waals surface area contributed by atoms with Crippen LogP contribution in [0.15, 0.2) is 40.8 Å². The molecule has 138 valence electrons. The third-order valence-electron chi connectivity index (χ3n) is 4.12. The summed E-state index contributed by atoms with van der Waals surface area (Å²) in [4.78, 5) is 13.9. The quantitative estimate of drug-likeness (QED) is 0.472. The van der Waals surface area contributed by atoms with E-state index in [-0.39, 0.29) is 6.61 Å². The minimum atomic E-state index is -0.405. The van der Waals surface area contributed by atoms with Gasteiger partial charge in [-0.25, -0.2) is 4.79 Å². The highest BCUT2D eigenvalue weighted by molar-refractivity contribution is 7.20. The Kier molecular flexibility index (Phi) is 4.72. The van der Waals surface area contributed by atoms with Gasteiger partial charge in [-0.1, -0.05) is 37.3 Å². The number of hydrogen-bond donors (Lipinski definition) is 0. The molecule has 3 aromatic heterocycles. The van der Waals surface area contributed by atoms with Gasteiger partial charge in [0.25, 0.3) is 5.89 Å². The van der Waals surface area contributed by atoms with Gasteiger partial charge in [0, 0.05) is 11.8 Å². The number of aromatic nitrogens is 4. The van der Waals surface area contributed by atoms with Gasteiger partial charge in [0.15, 0.2) is 6.61 Å². The minimum Gasteiger partial charge on any atom is -0.451 e. The van der Waals surface area contributed by atoms with E-state index in [0.29, 0.717) is 29.6 Å². The molecule has 3 heterocycles. The number of ether oxygens (including phenoxy) is 1. The number of hydrogen-bond acceptors (Lipinski definition) is 7. The molecule has 0 bridgehead atoms. The van der Waals surface area contributed by atoms with E-state index in [1.165, 1.54) is 11.3 Å². The molecule has 8 heteroatoms. The lowest BCUT2D eigenvalue weighted by molar-refractivity contribution is 0.0442. The van der Waals surface area contributed by atoms with E-state index in [2.05, 4.69) is 27.4 Å². The Bertz CT molecular complexity index is 1080. The summed E-state index contributed by atoms with van der Waals surface area (Å²) in [5, 5.41) is 13.3. The van der Waals surface area contributed by atoms with Crippen LogP contribution in [-0.2, 0) is 24.3 Å². The van der Waals surface area contributed by atoms with Crippen molar-refractivity contribution in [2.45, 2.75) is 33.4 Å². The van der Waals surface area contributed by atoms with Gasteiger partial charge in [0.05, 0.1) is 12.2 Å². The molecule has 0 spiro atoms. The van der Waals surface area contributed by atoms with Gasteiger partial charge in [-0.3, -0.25) is 4.68 Å². The van der Waals surface area contributed by atoms with Crippen LogP contribution in [0.1, 0.15) is 39.6 Å². The van der Waals surface area contributed by atoms with Gasteiger partial charge < -0.3 is 9.15 Å². The summed E-state index contributed by atoms with van der Waals surface area (Å²) in [7, 11) is 0. The molecule has 1 aromatic carbocycles. The van der Waals surface area contributed by atoms with Crippen LogP contribution in [0.25, 0.3) is 10.2 Å². The van der Waals surface area contributed by atoms with Gasteiger partial charge >= 0.3 is 5.97 Å². The van der Waals surface area contributed by atoms with E-state index in [4.69, 9.17) is 9.15 Å². The van der Waals surface area contributed by atoms with Crippen LogP contribution in [-0.4, -0.2) is 25.9 Å². The average molecular weight is 382 g/mol. The van der Waals surface area contributed by atoms with E-state index < -0.39 is 5.97 Å². The second-order valence-corrected chi connectivity index (χ2v) is 7.11. The first kappa shape index (κ1) is 17.4. The summed E-state index contributed by atoms with van der Waals surface area (Å²) in [6.07, 6.45) is 0.647. The SMILES string of the molecule is CCc1nnc(COC(=O)c2cc3c(C)nn(Cc4ccccc4)c3s2)o1. The summed E-state index contributed by atoms with van der Waals surface area (Å²) in [5.41, 5.74) is 2.04. The fourth-order valence-electron chi connectivity index (χ4n) is 2.76. The van der Waals surface area contributed by atoms with Crippen molar-refractivity contribution in [1.82, 2.24) is 20.0 Å². The molecule has 0 aliphatic carbocycles. The molecular weight excluding hydrogens is 364 g/mol. The van der Waals surface area contributed by atoms with E-state index in [0.717, 1.165) is 21.5 Å². The lowest BCUT2D eigenvalue weighted by atomic mass is 10.2. The second kappa shape index (κ2) is 7.32. The van der Waals surface area contributed by atoms with Gasteiger partial charge in [-0.05, 0) is 18.6 Å². The second-order valence-electron chi connectivity index (χ2n) is 6.08. The van der Waals surface area contributed by atoms with Crippen LogP contribution in [0.2, 0.25) is 0 Å². The summed E-state index contributed by atoms with van der Waals surface area (Å²) in [5.74, 6) is 0.422. The van der Waals surface area contributed by atoms with Crippen LogP contribution in [0.4, 0.5) is 0 Å². The maximum absolute atomic E-state index is 12.4. The zero-order valence-corrected chi connectivity index (χ0v) is 15.8. The third kappa shape index (κ3) is 3.61. The number of carbonyl (C=O) groups excluding carboxylic acids is 1. The molecule has 0 fully saturated rings. The minimum absolute atomic E-state index is 0.0325. The van der Waals surface area contributed by atoms with Gasteiger partial charge in [-0.15, -0.1) is 21.5 Å². The number of nitrogens with zero attached hydrogens (tertiary/aromatic N) is 4. The molecule has 4 rings (SSSR count). The van der Waals surface area contributed by atoms with Gasteiger partial charge in [0.1, 0.15) is 9.71 Å². The van der Waals surface area contributed by atoms with Crippen molar-refractivity contribution >= 4 is 27.5 Å². The normalized spacial score (nSPS) is 11.2. The van der Waals surface area contributed by atoms with E-state index >= 15 is 0 Å². The standard InChI is InChI=1S/C19H18N4O3S/c1-3-16-20-21-17(26-16)11-25-19(24)15-9-14-12(2)22-23(18(14)27-15)10-13-7-5-4-6-8-13/h4-9H,3,10-11H2,1-2H3. The van der Waals surface area contributed by atoms with E-state index in [9.17, 15) is 4.79 Å². The molecule has 0 saturated carbocycles. The van der Waals surface area contributed by atoms with Crippen molar-refractivity contribution in [2.75, 3.05) is 0 Å². The molecule has 27 heavy (non-hydrogen) atoms. The Morgan fingerprint density at radius 2 is 2.00 bits per heavy atom. The Balaban J connectivity index is 1.52. The predicted molar refractivity (Wildman–Crippen MR) is 101 cm³/mol. The summed E-state index contributed by atoms with van der Waals surface area (Å²) >= 11 is 1.38. The molecule has 0 saturated heterocycles. The summed E-state index contributed by atoms with van der Waals surface area (Å²) < 4.78 is 12.6. The van der Waals surface area contributed by atoms with Crippen LogP contribution in [0.3, 0.4) is 0 Å². The molecular formula is C19H18N4O3S. The number of rotatable bonds is 6. The molecule has 0 unspecified atom stereocenters. The largest absolute Gasteiger partial charge is 0.451 e. The number of thiophene rings is 1. The van der Waals surface area contributed by atoms with Crippen LogP contribution in [0.5, 0.6) is 0 Å². The van der Waals surface area contributed by atoms with Gasteiger partial charge in [-0.2, -0.15) is 5.10 Å². The first-order valence-electron chi connectivity index (χ1n) is 8.63. The maximum Gasteiger partial charge on any atom is 0.348 e. The van der Waals surface area contributed by atoms with Crippen molar-refractivity contribution in [2.24, 2.45) is 0 Å². The van der Waals surface area contributed by atoms with Crippen LogP contribution in [0, 0.1) is 6.92 Å². The number of benzene rings is 1. The van der Waals surface area contributed by atoms with Crippen molar-refractivity contribution in [3.8, 4) is 0 Å². The molecule has 0 atom stereocenters. The van der Waals surface area contributed by atoms with Crippen molar-refractivity contribution < 1.29 is 13.9 Å². The molecule has 0 N–H and O–H groups in total. The molecule has 0 amide bonds. The number of esters is 1. The topological polar surface area (TPSA) is 83.0 Å². The Hall–Kier alpha value is -3.00. The van der Waals surface area contributed by atoms with Crippen molar-refractivity contribution in [3.05, 3.63) is 64.3 Å². The van der Waals surface area contributed by atoms with E-state index in [1.54, 1.807) is 0 Å². The Labute approximate surface area is 159 Å². The molecule has 4 aromatic rings. The summed E-state index contributed by atoms with van der Waals surface area (Å²) in [6, 6.07) is 11.9. The Morgan fingerprint density at radius 3 is 2.74 bits per heavy atom. The van der Waals surface area contributed by atoms with Crippen molar-refractivity contribution in [1.29, 1.82) is 0 Å². The fraction of sp³-hybridized carbons (Fsp3) is 0.263. The zero-order chi connectivity index (χ0) is 18.8. The fourth-order valence-corrected chi connectivity index (χ4v) is 3.82. The molecule has 0 aliphatic heterocycles. The average Bonchev–Trinajstić information content (AvgIpc) is 3.38. The van der Waals surface area contributed by atoms with Crippen LogP contribution >= 0.6 is 11.3 Å². The lowest BCUT2D eigenvalue weighted by Crippen LogP contribution is -2.04. The monoisotopic (exact) mass is 382 g/mol. The van der Waals surface area contributed by atoms with Crippen molar-refractivity contribution in [3.63, 3.8) is 0 Å². The zero-order valence-electron chi connectivity index (χ0n) is 15.0. The lowest BCUT2D eigenvalue weighted by Gasteiger charge is -2.02. The van der Waals surface area contributed by atoms with E-state index in [1.807, 2.05) is 42.8 Å². The maximum atomic E-state index is 12.4. The highest BCUT2D eigenvalue weighted by atomic mass is 32.1. The smallest absolute Gasteiger partial charge is 0.348 e. The first-order chi connectivity index (χ1) is 13.1. The highest BCUT2D eigenvalue weighted by Gasteiger charge is 2.18. The number of aryl methyl sites for hydroxylation is 2. The molecule has 0 radical (unpaired) electrons. The first-order valence-corrected chi connectivity index (χ1v) is 9.45. The molecule has 0 aliphatic rings.